The lowest BCUT2D eigenvalue weighted by Crippen LogP contribution is -2.49. The molecular weight excluding hydrogens is 288 g/mol. The van der Waals surface area contributed by atoms with Gasteiger partial charge >= 0.3 is 0 Å². The van der Waals surface area contributed by atoms with Crippen LogP contribution in [0.4, 0.5) is 0 Å². The number of carbonyl (C=O) groups is 1. The standard InChI is InChI=1S/C19H36N2O2/c1-15(2)5-6-17-7-10-21(14-17)18(22)13-19(23)8-11-20(12-9-19)16(3)4/h15-17,23H,5-14H2,1-4H3. The molecule has 2 saturated heterocycles. The highest BCUT2D eigenvalue weighted by Gasteiger charge is 2.37. The van der Waals surface area contributed by atoms with Gasteiger partial charge in [0.05, 0.1) is 12.0 Å². The van der Waals surface area contributed by atoms with Crippen LogP contribution in [0.2, 0.25) is 0 Å². The summed E-state index contributed by atoms with van der Waals surface area (Å²) >= 11 is 0. The first kappa shape index (κ1) is 18.7. The zero-order valence-corrected chi connectivity index (χ0v) is 15.6. The maximum absolute atomic E-state index is 12.6. The van der Waals surface area contributed by atoms with E-state index in [1.807, 2.05) is 4.90 Å². The van der Waals surface area contributed by atoms with Crippen molar-refractivity contribution in [3.05, 3.63) is 0 Å². The fraction of sp³-hybridized carbons (Fsp3) is 0.947. The third kappa shape index (κ3) is 5.46. The molecule has 2 aliphatic rings. The molecule has 1 unspecified atom stereocenters. The van der Waals surface area contributed by atoms with Gasteiger partial charge in [0.15, 0.2) is 0 Å². The van der Waals surface area contributed by atoms with Crippen LogP contribution < -0.4 is 0 Å². The molecule has 0 radical (unpaired) electrons. The lowest BCUT2D eigenvalue weighted by Gasteiger charge is -2.40. The second-order valence-corrected chi connectivity index (χ2v) is 8.50. The molecule has 4 heteroatoms. The predicted octanol–water partition coefficient (Wildman–Crippen LogP) is 2.90. The molecule has 0 aromatic rings. The minimum atomic E-state index is -0.779. The number of piperidine rings is 1. The monoisotopic (exact) mass is 324 g/mol. The Balaban J connectivity index is 1.76. The topological polar surface area (TPSA) is 43.8 Å². The van der Waals surface area contributed by atoms with Crippen LogP contribution in [0, 0.1) is 11.8 Å². The summed E-state index contributed by atoms with van der Waals surface area (Å²) in [7, 11) is 0. The van der Waals surface area contributed by atoms with Crippen LogP contribution in [-0.2, 0) is 4.79 Å². The van der Waals surface area contributed by atoms with Crippen LogP contribution in [0.25, 0.3) is 0 Å². The van der Waals surface area contributed by atoms with E-state index in [9.17, 15) is 9.90 Å². The Bertz CT molecular complexity index is 387. The summed E-state index contributed by atoms with van der Waals surface area (Å²) in [5.41, 5.74) is -0.779. The van der Waals surface area contributed by atoms with Gasteiger partial charge in [0.25, 0.3) is 0 Å². The van der Waals surface area contributed by atoms with E-state index in [4.69, 9.17) is 0 Å². The molecule has 2 fully saturated rings. The molecule has 4 nitrogen and oxygen atoms in total. The fourth-order valence-electron chi connectivity index (χ4n) is 3.89. The highest BCUT2D eigenvalue weighted by Crippen LogP contribution is 2.29. The normalized spacial score (nSPS) is 25.5. The Morgan fingerprint density at radius 1 is 1.17 bits per heavy atom. The second-order valence-electron chi connectivity index (χ2n) is 8.50. The highest BCUT2D eigenvalue weighted by atomic mass is 16.3. The second kappa shape index (κ2) is 7.98. The lowest BCUT2D eigenvalue weighted by molar-refractivity contribution is -0.137. The molecule has 23 heavy (non-hydrogen) atoms. The van der Waals surface area contributed by atoms with Gasteiger partial charge in [0.1, 0.15) is 0 Å². The van der Waals surface area contributed by atoms with Crippen LogP contribution in [0.1, 0.15) is 66.2 Å². The first-order chi connectivity index (χ1) is 10.8. The summed E-state index contributed by atoms with van der Waals surface area (Å²) in [6, 6.07) is 0.524. The Morgan fingerprint density at radius 3 is 2.39 bits per heavy atom. The van der Waals surface area contributed by atoms with Crippen molar-refractivity contribution in [2.24, 2.45) is 11.8 Å². The van der Waals surface area contributed by atoms with Crippen LogP contribution in [0.15, 0.2) is 0 Å². The molecule has 0 aromatic heterocycles. The van der Waals surface area contributed by atoms with E-state index in [0.29, 0.717) is 18.4 Å². The number of likely N-dealkylation sites (tertiary alicyclic amines) is 2. The summed E-state index contributed by atoms with van der Waals surface area (Å²) < 4.78 is 0. The van der Waals surface area contributed by atoms with Crippen molar-refractivity contribution in [2.75, 3.05) is 26.2 Å². The Labute approximate surface area is 142 Å². The molecule has 0 aromatic carbocycles. The van der Waals surface area contributed by atoms with Crippen molar-refractivity contribution in [3.8, 4) is 0 Å². The third-order valence-electron chi connectivity index (χ3n) is 5.73. The van der Waals surface area contributed by atoms with E-state index >= 15 is 0 Å². The SMILES string of the molecule is CC(C)CCC1CCN(C(=O)CC2(O)CCN(C(C)C)CC2)C1. The van der Waals surface area contributed by atoms with Gasteiger partial charge in [0, 0.05) is 32.2 Å². The Morgan fingerprint density at radius 2 is 1.83 bits per heavy atom. The minimum absolute atomic E-state index is 0.164. The van der Waals surface area contributed by atoms with E-state index in [1.165, 1.54) is 12.8 Å². The molecule has 0 aliphatic carbocycles. The van der Waals surface area contributed by atoms with Crippen molar-refractivity contribution in [1.29, 1.82) is 0 Å². The van der Waals surface area contributed by atoms with Gasteiger partial charge in [-0.05, 0) is 51.4 Å². The Hall–Kier alpha value is -0.610. The number of hydrogen-bond acceptors (Lipinski definition) is 3. The fourth-order valence-corrected chi connectivity index (χ4v) is 3.89. The Kier molecular flexibility index (Phi) is 6.49. The summed E-state index contributed by atoms with van der Waals surface area (Å²) in [5, 5.41) is 10.8. The largest absolute Gasteiger partial charge is 0.389 e. The summed E-state index contributed by atoms with van der Waals surface area (Å²) in [4.78, 5) is 17.0. The van der Waals surface area contributed by atoms with Crippen molar-refractivity contribution < 1.29 is 9.90 Å². The van der Waals surface area contributed by atoms with Crippen LogP contribution in [0.3, 0.4) is 0 Å². The smallest absolute Gasteiger partial charge is 0.225 e. The summed E-state index contributed by atoms with van der Waals surface area (Å²) in [6.45, 7) is 12.5. The predicted molar refractivity (Wildman–Crippen MR) is 94.3 cm³/mol. The molecule has 0 bridgehead atoms. The van der Waals surface area contributed by atoms with Gasteiger partial charge < -0.3 is 14.9 Å². The molecule has 0 spiro atoms. The van der Waals surface area contributed by atoms with Crippen LogP contribution in [-0.4, -0.2) is 58.6 Å². The lowest BCUT2D eigenvalue weighted by atomic mass is 9.87. The molecule has 0 saturated carbocycles. The molecule has 134 valence electrons. The zero-order valence-electron chi connectivity index (χ0n) is 15.6. The number of nitrogens with zero attached hydrogens (tertiary/aromatic N) is 2. The number of amides is 1. The van der Waals surface area contributed by atoms with Crippen molar-refractivity contribution in [1.82, 2.24) is 9.80 Å². The zero-order chi connectivity index (χ0) is 17.0. The highest BCUT2D eigenvalue weighted by molar-refractivity contribution is 5.77. The van der Waals surface area contributed by atoms with E-state index in [-0.39, 0.29) is 5.91 Å². The van der Waals surface area contributed by atoms with Gasteiger partial charge in [-0.3, -0.25) is 4.79 Å². The number of rotatable bonds is 6. The van der Waals surface area contributed by atoms with Crippen molar-refractivity contribution >= 4 is 5.91 Å². The van der Waals surface area contributed by atoms with E-state index in [2.05, 4.69) is 32.6 Å². The molecule has 1 amide bonds. The maximum atomic E-state index is 12.6. The van der Waals surface area contributed by atoms with Gasteiger partial charge in [0.2, 0.25) is 5.91 Å². The molecular formula is C19H36N2O2. The average molecular weight is 325 g/mol. The van der Waals surface area contributed by atoms with Gasteiger partial charge in [-0.1, -0.05) is 20.3 Å². The summed E-state index contributed by atoms with van der Waals surface area (Å²) in [5.74, 6) is 1.57. The van der Waals surface area contributed by atoms with E-state index in [0.717, 1.165) is 51.4 Å². The van der Waals surface area contributed by atoms with Crippen molar-refractivity contribution in [2.45, 2.75) is 77.9 Å². The third-order valence-corrected chi connectivity index (χ3v) is 5.73. The quantitative estimate of drug-likeness (QED) is 0.817. The average Bonchev–Trinajstić information content (AvgIpc) is 2.94. The molecule has 2 rings (SSSR count). The van der Waals surface area contributed by atoms with Crippen LogP contribution >= 0.6 is 0 Å². The molecule has 1 N–H and O–H groups in total. The summed E-state index contributed by atoms with van der Waals surface area (Å²) in [6.07, 6.45) is 5.38. The molecule has 1 atom stereocenters. The number of carbonyl (C=O) groups excluding carboxylic acids is 1. The van der Waals surface area contributed by atoms with Gasteiger partial charge in [-0.15, -0.1) is 0 Å². The number of hydrogen-bond donors (Lipinski definition) is 1. The van der Waals surface area contributed by atoms with E-state index in [1.54, 1.807) is 0 Å². The first-order valence-corrected chi connectivity index (χ1v) is 9.53. The maximum Gasteiger partial charge on any atom is 0.225 e. The number of aliphatic hydroxyl groups is 1. The minimum Gasteiger partial charge on any atom is -0.389 e. The van der Waals surface area contributed by atoms with Crippen LogP contribution in [0.5, 0.6) is 0 Å². The van der Waals surface area contributed by atoms with Crippen molar-refractivity contribution in [3.63, 3.8) is 0 Å². The first-order valence-electron chi connectivity index (χ1n) is 9.53. The molecule has 2 aliphatic heterocycles. The molecule has 2 heterocycles. The van der Waals surface area contributed by atoms with E-state index < -0.39 is 5.60 Å². The van der Waals surface area contributed by atoms with Gasteiger partial charge in [-0.25, -0.2) is 0 Å². The van der Waals surface area contributed by atoms with Gasteiger partial charge in [-0.2, -0.15) is 0 Å².